The van der Waals surface area contributed by atoms with Crippen LogP contribution >= 0.6 is 11.3 Å². The Morgan fingerprint density at radius 1 is 1.19 bits per heavy atom. The van der Waals surface area contributed by atoms with Crippen LogP contribution in [0.4, 0.5) is 9.52 Å². The van der Waals surface area contributed by atoms with Gasteiger partial charge in [-0.05, 0) is 51.4 Å². The Hall–Kier alpha value is -2.12. The lowest BCUT2D eigenvalue weighted by Gasteiger charge is -2.52. The van der Waals surface area contributed by atoms with Gasteiger partial charge in [-0.3, -0.25) is 9.59 Å². The van der Waals surface area contributed by atoms with Gasteiger partial charge in [-0.15, -0.1) is 10.2 Å². The van der Waals surface area contributed by atoms with Gasteiger partial charge < -0.3 is 15.5 Å². The van der Waals surface area contributed by atoms with Crippen LogP contribution in [0.3, 0.4) is 0 Å². The van der Waals surface area contributed by atoms with Crippen molar-refractivity contribution in [1.82, 2.24) is 20.4 Å². The molecule has 8 nitrogen and oxygen atoms in total. The zero-order chi connectivity index (χ0) is 21.6. The average molecular weight is 447 g/mol. The quantitative estimate of drug-likeness (QED) is 0.695. The summed E-state index contributed by atoms with van der Waals surface area (Å²) in [5, 5.41) is 25.5. The minimum atomic E-state index is -1.12. The molecule has 5 fully saturated rings. The van der Waals surface area contributed by atoms with E-state index in [0.717, 1.165) is 56.4 Å². The summed E-state index contributed by atoms with van der Waals surface area (Å²) in [7, 11) is 0. The number of aromatic nitrogens is 2. The van der Waals surface area contributed by atoms with E-state index in [1.165, 1.54) is 16.2 Å². The minimum Gasteiger partial charge on any atom is -0.323 e. The number of likely N-dealkylation sites (tertiary alicyclic amines) is 1. The molecule has 2 atom stereocenters. The number of carbonyl (C=O) groups excluding carboxylic acids is 2. The predicted molar refractivity (Wildman–Crippen MR) is 112 cm³/mol. The second kappa shape index (κ2) is 7.78. The number of anilines is 1. The highest BCUT2D eigenvalue weighted by atomic mass is 32.1. The molecular formula is C21H27FN6O2S. The summed E-state index contributed by atoms with van der Waals surface area (Å²) in [5.74, 6) is 0.349. The molecule has 166 valence electrons. The van der Waals surface area contributed by atoms with E-state index in [-0.39, 0.29) is 42.3 Å². The normalized spacial score (nSPS) is 34.5. The van der Waals surface area contributed by atoms with Crippen molar-refractivity contribution in [3.63, 3.8) is 0 Å². The lowest BCUT2D eigenvalue weighted by molar-refractivity contribution is -0.135. The topological polar surface area (TPSA) is 111 Å². The Kier molecular flexibility index (Phi) is 5.21. The lowest BCUT2D eigenvalue weighted by atomic mass is 9.57. The molecule has 0 aromatic carbocycles. The number of carbonyl (C=O) groups is 2. The molecule has 6 rings (SSSR count). The zero-order valence-electron chi connectivity index (χ0n) is 17.4. The lowest BCUT2D eigenvalue weighted by Crippen LogP contribution is -2.59. The van der Waals surface area contributed by atoms with Crippen LogP contribution in [0, 0.1) is 16.7 Å². The summed E-state index contributed by atoms with van der Waals surface area (Å²) in [4.78, 5) is 27.0. The first-order chi connectivity index (χ1) is 14.9. The molecule has 10 heteroatoms. The van der Waals surface area contributed by atoms with E-state index in [1.807, 2.05) is 6.07 Å². The van der Waals surface area contributed by atoms with Gasteiger partial charge in [0.05, 0.1) is 19.2 Å². The predicted octanol–water partition coefficient (Wildman–Crippen LogP) is 2.50. The first kappa shape index (κ1) is 20.8. The standard InChI is InChI=1S/C21H27FN6O2S/c22-14-9-15(10-23)28(12-14)16(29)11-24-21-6-3-20(4-7-21,5-8-21)18(30)25-19-27-26-17(31-19)13-1-2-13/h13-15,24H,1-9,11-12H2,(H,25,27,30)/t14-,15-,20?,21?/m0/s1. The van der Waals surface area contributed by atoms with Crippen LogP contribution in [-0.2, 0) is 9.59 Å². The molecule has 5 aliphatic rings. The summed E-state index contributed by atoms with van der Waals surface area (Å²) in [6.45, 7) is 0.113. The summed E-state index contributed by atoms with van der Waals surface area (Å²) in [5.41, 5.74) is -0.530. The van der Waals surface area contributed by atoms with Crippen LogP contribution < -0.4 is 10.6 Å². The van der Waals surface area contributed by atoms with Gasteiger partial charge in [-0.25, -0.2) is 4.39 Å². The number of alkyl halides is 1. The van der Waals surface area contributed by atoms with Crippen LogP contribution in [0.5, 0.6) is 0 Å². The smallest absolute Gasteiger partial charge is 0.237 e. The van der Waals surface area contributed by atoms with Gasteiger partial charge in [-0.1, -0.05) is 11.3 Å². The van der Waals surface area contributed by atoms with Crippen molar-refractivity contribution in [1.29, 1.82) is 5.26 Å². The maximum Gasteiger partial charge on any atom is 0.237 e. The van der Waals surface area contributed by atoms with Crippen molar-refractivity contribution in [3.8, 4) is 6.07 Å². The van der Waals surface area contributed by atoms with Crippen molar-refractivity contribution in [2.45, 2.75) is 81.5 Å². The molecule has 2 N–H and O–H groups in total. The van der Waals surface area contributed by atoms with Crippen molar-refractivity contribution >= 4 is 28.3 Å². The maximum atomic E-state index is 13.6. The Labute approximate surface area is 184 Å². The third-order valence-corrected chi connectivity index (χ3v) is 8.65. The van der Waals surface area contributed by atoms with Gasteiger partial charge in [0.15, 0.2) is 0 Å². The summed E-state index contributed by atoms with van der Waals surface area (Å²) in [6, 6.07) is 1.36. The van der Waals surface area contributed by atoms with E-state index >= 15 is 0 Å². The molecule has 0 spiro atoms. The number of nitrogens with zero attached hydrogens (tertiary/aromatic N) is 4. The first-order valence-corrected chi connectivity index (χ1v) is 12.0. The Morgan fingerprint density at radius 3 is 2.55 bits per heavy atom. The van der Waals surface area contributed by atoms with Crippen LogP contribution in [0.1, 0.15) is 68.7 Å². The van der Waals surface area contributed by atoms with Gasteiger partial charge in [0, 0.05) is 23.3 Å². The van der Waals surface area contributed by atoms with Crippen LogP contribution in [-0.4, -0.2) is 57.8 Å². The van der Waals surface area contributed by atoms with Crippen LogP contribution in [0.25, 0.3) is 0 Å². The van der Waals surface area contributed by atoms with Gasteiger partial charge in [-0.2, -0.15) is 5.26 Å². The maximum absolute atomic E-state index is 13.6. The molecule has 31 heavy (non-hydrogen) atoms. The van der Waals surface area contributed by atoms with Crippen molar-refractivity contribution in [2.75, 3.05) is 18.4 Å². The number of nitriles is 1. The fourth-order valence-corrected chi connectivity index (χ4v) is 6.26. The number of rotatable bonds is 6. The Balaban J connectivity index is 1.15. The van der Waals surface area contributed by atoms with Crippen molar-refractivity contribution < 1.29 is 14.0 Å². The fourth-order valence-electron chi connectivity index (χ4n) is 5.35. The molecule has 1 aliphatic heterocycles. The highest BCUT2D eigenvalue weighted by Crippen LogP contribution is 2.53. The molecule has 1 saturated heterocycles. The van der Waals surface area contributed by atoms with E-state index in [2.05, 4.69) is 20.8 Å². The van der Waals surface area contributed by atoms with E-state index in [1.54, 1.807) is 0 Å². The molecule has 4 saturated carbocycles. The second-order valence-corrected chi connectivity index (χ2v) is 10.6. The number of hydrogen-bond donors (Lipinski definition) is 2. The molecule has 2 heterocycles. The molecular weight excluding hydrogens is 419 g/mol. The molecule has 4 aliphatic carbocycles. The molecule has 1 aromatic heterocycles. The minimum absolute atomic E-state index is 0.00307. The number of amides is 2. The summed E-state index contributed by atoms with van der Waals surface area (Å²) >= 11 is 1.48. The average Bonchev–Trinajstić information content (AvgIpc) is 3.42. The Morgan fingerprint density at radius 2 is 1.90 bits per heavy atom. The van der Waals surface area contributed by atoms with Gasteiger partial charge in [0.1, 0.15) is 17.2 Å². The SMILES string of the molecule is N#C[C@@H]1C[C@H](F)CN1C(=O)CNC12CCC(C(=O)Nc3nnc(C4CC4)s3)(CC1)CC2. The van der Waals surface area contributed by atoms with E-state index < -0.39 is 12.2 Å². The van der Waals surface area contributed by atoms with Crippen molar-refractivity contribution in [3.05, 3.63) is 5.01 Å². The van der Waals surface area contributed by atoms with E-state index in [9.17, 15) is 14.0 Å². The number of halogens is 1. The molecule has 1 aromatic rings. The summed E-state index contributed by atoms with van der Waals surface area (Å²) in [6.07, 6.45) is 6.08. The third-order valence-electron chi connectivity index (χ3n) is 7.65. The Bertz CT molecular complexity index is 901. The number of nitrogens with one attached hydrogen (secondary N) is 2. The monoisotopic (exact) mass is 446 g/mol. The fraction of sp³-hybridized carbons (Fsp3) is 0.762. The zero-order valence-corrected chi connectivity index (χ0v) is 18.2. The van der Waals surface area contributed by atoms with Gasteiger partial charge in [0.25, 0.3) is 0 Å². The molecule has 0 unspecified atom stereocenters. The highest BCUT2D eigenvalue weighted by Gasteiger charge is 2.52. The first-order valence-electron chi connectivity index (χ1n) is 11.2. The molecule has 0 radical (unpaired) electrons. The van der Waals surface area contributed by atoms with Crippen molar-refractivity contribution in [2.24, 2.45) is 5.41 Å². The third kappa shape index (κ3) is 3.94. The number of fused-ring (bicyclic) bond motifs is 3. The van der Waals surface area contributed by atoms with E-state index in [0.29, 0.717) is 11.0 Å². The highest BCUT2D eigenvalue weighted by molar-refractivity contribution is 7.15. The van der Waals surface area contributed by atoms with Gasteiger partial charge in [0.2, 0.25) is 16.9 Å². The second-order valence-electron chi connectivity index (χ2n) is 9.61. The van der Waals surface area contributed by atoms with Crippen LogP contribution in [0.15, 0.2) is 0 Å². The summed E-state index contributed by atoms with van der Waals surface area (Å²) < 4.78 is 13.6. The van der Waals surface area contributed by atoms with Gasteiger partial charge >= 0.3 is 0 Å². The van der Waals surface area contributed by atoms with Crippen LogP contribution in [0.2, 0.25) is 0 Å². The van der Waals surface area contributed by atoms with E-state index in [4.69, 9.17) is 5.26 Å². The molecule has 2 bridgehead atoms. The number of hydrogen-bond acceptors (Lipinski definition) is 7. The largest absolute Gasteiger partial charge is 0.323 e. The molecule has 2 amide bonds.